The highest BCUT2D eigenvalue weighted by molar-refractivity contribution is 7.52. The molecule has 5 atom stereocenters. The largest absolute Gasteiger partial charge is 0.468 e. The van der Waals surface area contributed by atoms with Gasteiger partial charge in [0.05, 0.1) is 25.5 Å². The van der Waals surface area contributed by atoms with E-state index in [-0.39, 0.29) is 30.0 Å². The van der Waals surface area contributed by atoms with E-state index in [0.29, 0.717) is 11.2 Å². The summed E-state index contributed by atoms with van der Waals surface area (Å²) in [5.41, 5.74) is 4.25. The lowest BCUT2D eigenvalue weighted by atomic mass is 9.80. The zero-order valence-corrected chi connectivity index (χ0v) is 22.7. The molecule has 4 rings (SSSR count). The Morgan fingerprint density at radius 3 is 2.66 bits per heavy atom. The number of nitrogen functional groups attached to an aromatic ring is 1. The summed E-state index contributed by atoms with van der Waals surface area (Å²) in [5, 5.41) is 17.3. The molecule has 1 aromatic carbocycles. The Kier molecular flexibility index (Phi) is 7.50. The molecule has 3 N–H and O–H groups in total. The summed E-state index contributed by atoms with van der Waals surface area (Å²) in [6.07, 6.45) is 0.664. The summed E-state index contributed by atoms with van der Waals surface area (Å²) in [4.78, 5) is 16.3. The van der Waals surface area contributed by atoms with Crippen LogP contribution in [0.5, 0.6) is 5.75 Å². The molecule has 13 heteroatoms. The van der Waals surface area contributed by atoms with E-state index in [2.05, 4.69) is 21.2 Å². The van der Waals surface area contributed by atoms with Gasteiger partial charge in [-0.05, 0) is 44.0 Å². The molecule has 38 heavy (non-hydrogen) atoms. The van der Waals surface area contributed by atoms with Crippen LogP contribution in [0.2, 0.25) is 0 Å². The fourth-order valence-electron chi connectivity index (χ4n) is 4.56. The van der Waals surface area contributed by atoms with Gasteiger partial charge in [-0.2, -0.15) is 15.4 Å². The van der Waals surface area contributed by atoms with Crippen LogP contribution in [0.15, 0.2) is 48.8 Å². The molecule has 12 nitrogen and oxygen atoms in total. The number of esters is 1. The van der Waals surface area contributed by atoms with Gasteiger partial charge in [0.2, 0.25) is 0 Å². The number of nitrogens with two attached hydrogens (primary N) is 1. The highest BCUT2D eigenvalue weighted by atomic mass is 31.2. The van der Waals surface area contributed by atoms with Crippen molar-refractivity contribution in [3.05, 3.63) is 54.5 Å². The first-order valence-electron chi connectivity index (χ1n) is 12.0. The van der Waals surface area contributed by atoms with E-state index in [1.165, 1.54) is 27.3 Å². The molecule has 3 aromatic rings. The predicted octanol–water partition coefficient (Wildman–Crippen LogP) is 3.45. The number of nitrogens with one attached hydrogen (secondary N) is 1. The van der Waals surface area contributed by atoms with Crippen LogP contribution in [0.1, 0.15) is 33.4 Å². The summed E-state index contributed by atoms with van der Waals surface area (Å²) in [5.74, 6) is -0.596. The molecule has 0 aliphatic carbocycles. The molecule has 0 spiro atoms. The summed E-state index contributed by atoms with van der Waals surface area (Å²) in [6, 6.07) is 14.2. The van der Waals surface area contributed by atoms with Gasteiger partial charge in [-0.15, -0.1) is 0 Å². The maximum absolute atomic E-state index is 13.9. The number of hydrogen-bond donors (Lipinski definition) is 2. The van der Waals surface area contributed by atoms with Crippen molar-refractivity contribution in [1.82, 2.24) is 19.7 Å². The van der Waals surface area contributed by atoms with Crippen LogP contribution in [0.25, 0.3) is 5.52 Å². The Morgan fingerprint density at radius 1 is 1.29 bits per heavy atom. The Hall–Kier alpha value is -3.49. The lowest BCUT2D eigenvalue weighted by Gasteiger charge is -2.29. The Labute approximate surface area is 220 Å². The first kappa shape index (κ1) is 27.5. The van der Waals surface area contributed by atoms with Gasteiger partial charge in [-0.3, -0.25) is 9.32 Å². The van der Waals surface area contributed by atoms with Crippen molar-refractivity contribution in [2.24, 2.45) is 11.8 Å². The molecule has 2 aromatic heterocycles. The fraction of sp³-hybridized carbons (Fsp3) is 0.440. The molecular formula is C25H31N6O6P. The van der Waals surface area contributed by atoms with Gasteiger partial charge >= 0.3 is 13.7 Å². The molecule has 0 bridgehead atoms. The van der Waals surface area contributed by atoms with Crippen LogP contribution in [0.4, 0.5) is 5.82 Å². The van der Waals surface area contributed by atoms with Crippen LogP contribution in [-0.2, 0) is 29.0 Å². The molecule has 0 radical (unpaired) electrons. The first-order chi connectivity index (χ1) is 18.0. The molecule has 1 aliphatic rings. The SMILES string of the molecule is COC(=O)C(C)(C)NP(=O)(OC[C@H]1O[C@@](C#N)(c2ccc3c(N)ncnn23)[C@H](C)[C@@H]1C)Oc1ccccc1. The van der Waals surface area contributed by atoms with Crippen molar-refractivity contribution in [3.8, 4) is 11.8 Å². The van der Waals surface area contributed by atoms with Gasteiger partial charge in [0.25, 0.3) is 0 Å². The molecule has 0 amide bonds. The standard InChI is InChI=1S/C25H31N6O6P/c1-16-17(2)25(14-26,21-12-11-19-22(27)28-15-29-31(19)21)36-20(16)13-35-38(33,30-24(3,4)23(32)34-5)37-18-9-7-6-8-10-18/h6-12,15-17,20H,13H2,1-5H3,(H,30,33)(H2,27,28,29)/t16-,17+,20+,25+,38?/m0/s1. The van der Waals surface area contributed by atoms with E-state index in [1.54, 1.807) is 47.0 Å². The van der Waals surface area contributed by atoms with Crippen molar-refractivity contribution in [2.75, 3.05) is 19.5 Å². The van der Waals surface area contributed by atoms with E-state index in [0.717, 1.165) is 0 Å². The molecule has 1 aliphatic heterocycles. The Bertz CT molecular complexity index is 1410. The summed E-state index contributed by atoms with van der Waals surface area (Å²) in [7, 11) is -2.91. The van der Waals surface area contributed by atoms with Crippen LogP contribution in [-0.4, -0.2) is 45.9 Å². The van der Waals surface area contributed by atoms with E-state index >= 15 is 0 Å². The second-order valence-electron chi connectivity index (χ2n) is 9.74. The van der Waals surface area contributed by atoms with E-state index < -0.39 is 31.0 Å². The molecule has 3 heterocycles. The zero-order valence-electron chi connectivity index (χ0n) is 21.8. The minimum atomic E-state index is -4.14. The number of fused-ring (bicyclic) bond motifs is 1. The summed E-state index contributed by atoms with van der Waals surface area (Å²) < 4.78 is 38.2. The van der Waals surface area contributed by atoms with Gasteiger partial charge in [-0.25, -0.2) is 14.1 Å². The minimum Gasteiger partial charge on any atom is -0.468 e. The first-order valence-corrected chi connectivity index (χ1v) is 13.6. The third-order valence-electron chi connectivity index (χ3n) is 6.87. The quantitative estimate of drug-likeness (QED) is 0.301. The average Bonchev–Trinajstić information content (AvgIpc) is 3.43. The summed E-state index contributed by atoms with van der Waals surface area (Å²) >= 11 is 0. The topological polar surface area (TPSA) is 163 Å². The highest BCUT2D eigenvalue weighted by Gasteiger charge is 2.55. The van der Waals surface area contributed by atoms with Crippen molar-refractivity contribution < 1.29 is 27.9 Å². The number of ether oxygens (including phenoxy) is 2. The van der Waals surface area contributed by atoms with Gasteiger partial charge < -0.3 is 19.7 Å². The third-order valence-corrected chi connectivity index (χ3v) is 8.64. The molecular weight excluding hydrogens is 511 g/mol. The number of para-hydroxylation sites is 1. The second-order valence-corrected chi connectivity index (χ2v) is 11.4. The second kappa shape index (κ2) is 10.3. The normalized spacial score (nSPS) is 25.0. The number of nitriles is 1. The highest BCUT2D eigenvalue weighted by Crippen LogP contribution is 2.51. The van der Waals surface area contributed by atoms with Crippen LogP contribution < -0.4 is 15.3 Å². The van der Waals surface area contributed by atoms with Gasteiger partial charge in [-0.1, -0.05) is 32.0 Å². The monoisotopic (exact) mass is 542 g/mol. The number of benzene rings is 1. The number of carbonyl (C=O) groups is 1. The smallest absolute Gasteiger partial charge is 0.459 e. The number of rotatable bonds is 9. The lowest BCUT2D eigenvalue weighted by Crippen LogP contribution is -2.46. The fourth-order valence-corrected chi connectivity index (χ4v) is 6.24. The number of anilines is 1. The van der Waals surface area contributed by atoms with Crippen LogP contribution in [0, 0.1) is 23.2 Å². The number of methoxy groups -OCH3 is 1. The zero-order chi connectivity index (χ0) is 27.7. The van der Waals surface area contributed by atoms with Crippen molar-refractivity contribution >= 4 is 25.1 Å². The van der Waals surface area contributed by atoms with E-state index in [4.69, 9.17) is 24.3 Å². The third kappa shape index (κ3) is 4.98. The average molecular weight is 543 g/mol. The molecule has 1 saturated heterocycles. The van der Waals surface area contributed by atoms with Gasteiger partial charge in [0.1, 0.15) is 29.2 Å². The number of nitrogens with zero attached hydrogens (tertiary/aromatic N) is 4. The Morgan fingerprint density at radius 2 is 2.00 bits per heavy atom. The predicted molar refractivity (Wildman–Crippen MR) is 138 cm³/mol. The van der Waals surface area contributed by atoms with Crippen LogP contribution >= 0.6 is 7.75 Å². The van der Waals surface area contributed by atoms with Gasteiger partial charge in [0, 0.05) is 5.92 Å². The molecule has 202 valence electrons. The number of aromatic nitrogens is 3. The van der Waals surface area contributed by atoms with E-state index in [9.17, 15) is 14.6 Å². The molecule has 1 unspecified atom stereocenters. The maximum atomic E-state index is 13.9. The van der Waals surface area contributed by atoms with Crippen molar-refractivity contribution in [3.63, 3.8) is 0 Å². The summed E-state index contributed by atoms with van der Waals surface area (Å²) in [6.45, 7) is 6.64. The number of hydrogen-bond acceptors (Lipinski definition) is 10. The molecule has 1 fully saturated rings. The maximum Gasteiger partial charge on any atom is 0.459 e. The van der Waals surface area contributed by atoms with Crippen molar-refractivity contribution in [2.45, 2.75) is 44.9 Å². The van der Waals surface area contributed by atoms with E-state index in [1.807, 2.05) is 13.8 Å². The van der Waals surface area contributed by atoms with Crippen LogP contribution in [0.3, 0.4) is 0 Å². The lowest BCUT2D eigenvalue weighted by molar-refractivity contribution is -0.146. The molecule has 0 saturated carbocycles. The van der Waals surface area contributed by atoms with Crippen molar-refractivity contribution in [1.29, 1.82) is 5.26 Å². The Balaban J connectivity index is 1.61. The minimum absolute atomic E-state index is 0.191. The van der Waals surface area contributed by atoms with Gasteiger partial charge in [0.15, 0.2) is 11.4 Å². The number of carbonyl (C=O) groups excluding carboxylic acids is 1.